The number of nitrogens with zero attached hydrogens (tertiary/aromatic N) is 2. The molecule has 0 aliphatic carbocycles. The minimum absolute atomic E-state index is 0.00663. The second-order valence-electron chi connectivity index (χ2n) is 5.65. The quantitative estimate of drug-likeness (QED) is 0.555. The van der Waals surface area contributed by atoms with Gasteiger partial charge in [-0.1, -0.05) is 34.1 Å². The molecule has 3 rings (SSSR count). The molecule has 0 saturated carbocycles. The van der Waals surface area contributed by atoms with Gasteiger partial charge in [0.1, 0.15) is 17.0 Å². The lowest BCUT2D eigenvalue weighted by Crippen LogP contribution is -2.15. The van der Waals surface area contributed by atoms with E-state index in [0.717, 1.165) is 0 Å². The SMILES string of the molecule is COC(=O)c1c(-c2cc(OC)ccc2Br)nn(-c2ccccc2)c1C(=O)OC. The molecule has 0 N–H and O–H groups in total. The molecule has 0 aliphatic rings. The lowest BCUT2D eigenvalue weighted by molar-refractivity contribution is 0.0549. The number of carbonyl (C=O) groups excluding carboxylic acids is 2. The van der Waals surface area contributed by atoms with Gasteiger partial charge in [0.05, 0.1) is 27.0 Å². The van der Waals surface area contributed by atoms with E-state index in [1.54, 1.807) is 42.5 Å². The van der Waals surface area contributed by atoms with Crippen LogP contribution in [0.1, 0.15) is 20.8 Å². The van der Waals surface area contributed by atoms with Crippen molar-refractivity contribution in [2.75, 3.05) is 21.3 Å². The van der Waals surface area contributed by atoms with Crippen LogP contribution in [0.5, 0.6) is 5.75 Å². The van der Waals surface area contributed by atoms with Crippen LogP contribution in [-0.4, -0.2) is 43.0 Å². The van der Waals surface area contributed by atoms with Gasteiger partial charge in [-0.3, -0.25) is 0 Å². The predicted octanol–water partition coefficient (Wildman–Crippen LogP) is 3.88. The minimum Gasteiger partial charge on any atom is -0.497 e. The first-order chi connectivity index (χ1) is 13.5. The summed E-state index contributed by atoms with van der Waals surface area (Å²) in [5.41, 5.74) is 1.41. The fraction of sp³-hybridized carbons (Fsp3) is 0.150. The zero-order chi connectivity index (χ0) is 20.3. The molecular weight excluding hydrogens is 428 g/mol. The molecule has 0 bridgehead atoms. The summed E-state index contributed by atoms with van der Waals surface area (Å²) in [6.45, 7) is 0. The number of halogens is 1. The van der Waals surface area contributed by atoms with E-state index in [-0.39, 0.29) is 17.0 Å². The molecule has 1 heterocycles. The first-order valence-corrected chi connectivity index (χ1v) is 9.00. The van der Waals surface area contributed by atoms with Crippen LogP contribution in [0, 0.1) is 0 Å². The van der Waals surface area contributed by atoms with Crippen molar-refractivity contribution in [3.05, 3.63) is 64.3 Å². The van der Waals surface area contributed by atoms with E-state index in [0.29, 0.717) is 21.5 Å². The number of esters is 2. The minimum atomic E-state index is -0.706. The van der Waals surface area contributed by atoms with Crippen LogP contribution in [0.4, 0.5) is 0 Å². The van der Waals surface area contributed by atoms with E-state index in [1.165, 1.54) is 26.0 Å². The highest BCUT2D eigenvalue weighted by Crippen LogP contribution is 2.35. The molecular formula is C20H17BrN2O5. The molecule has 0 atom stereocenters. The van der Waals surface area contributed by atoms with Crippen LogP contribution < -0.4 is 4.74 Å². The van der Waals surface area contributed by atoms with E-state index < -0.39 is 11.9 Å². The summed E-state index contributed by atoms with van der Waals surface area (Å²) in [7, 11) is 4.02. The first kappa shape index (κ1) is 19.6. The zero-order valence-electron chi connectivity index (χ0n) is 15.4. The Morgan fingerprint density at radius 1 is 0.964 bits per heavy atom. The molecule has 0 aliphatic heterocycles. The summed E-state index contributed by atoms with van der Waals surface area (Å²) < 4.78 is 17.2. The van der Waals surface area contributed by atoms with Crippen molar-refractivity contribution in [1.29, 1.82) is 0 Å². The van der Waals surface area contributed by atoms with E-state index >= 15 is 0 Å². The standard InChI is InChI=1S/C20H17BrN2O5/c1-26-13-9-10-15(21)14(11-13)17-16(19(24)27-2)18(20(25)28-3)23(22-17)12-7-5-4-6-8-12/h4-11H,1-3H3. The molecule has 0 unspecified atom stereocenters. The zero-order valence-corrected chi connectivity index (χ0v) is 17.0. The van der Waals surface area contributed by atoms with Gasteiger partial charge in [-0.05, 0) is 30.3 Å². The monoisotopic (exact) mass is 444 g/mol. The van der Waals surface area contributed by atoms with Crippen LogP contribution in [0.25, 0.3) is 16.9 Å². The Hall–Kier alpha value is -3.13. The number of carbonyl (C=O) groups is 2. The number of ether oxygens (including phenoxy) is 3. The lowest BCUT2D eigenvalue weighted by atomic mass is 10.1. The summed E-state index contributed by atoms with van der Waals surface area (Å²) in [6.07, 6.45) is 0. The van der Waals surface area contributed by atoms with Gasteiger partial charge in [-0.25, -0.2) is 14.3 Å². The molecule has 1 aromatic heterocycles. The highest BCUT2D eigenvalue weighted by molar-refractivity contribution is 9.10. The van der Waals surface area contributed by atoms with Gasteiger partial charge in [0.25, 0.3) is 0 Å². The summed E-state index contributed by atoms with van der Waals surface area (Å²) in [5, 5.41) is 4.55. The van der Waals surface area contributed by atoms with E-state index in [1.807, 2.05) is 6.07 Å². The molecule has 3 aromatic rings. The van der Waals surface area contributed by atoms with Crippen molar-refractivity contribution in [1.82, 2.24) is 9.78 Å². The van der Waals surface area contributed by atoms with Gasteiger partial charge in [0.2, 0.25) is 0 Å². The van der Waals surface area contributed by atoms with E-state index in [9.17, 15) is 9.59 Å². The van der Waals surface area contributed by atoms with Gasteiger partial charge >= 0.3 is 11.9 Å². The number of hydrogen-bond donors (Lipinski definition) is 0. The van der Waals surface area contributed by atoms with Gasteiger partial charge in [-0.2, -0.15) is 5.10 Å². The highest BCUT2D eigenvalue weighted by Gasteiger charge is 2.32. The summed E-state index contributed by atoms with van der Waals surface area (Å²) in [5.74, 6) is -0.836. The maximum absolute atomic E-state index is 12.6. The highest BCUT2D eigenvalue weighted by atomic mass is 79.9. The molecule has 0 saturated heterocycles. The van der Waals surface area contributed by atoms with Gasteiger partial charge in [0.15, 0.2) is 5.69 Å². The molecule has 0 fully saturated rings. The molecule has 7 nitrogen and oxygen atoms in total. The van der Waals surface area contributed by atoms with Crippen molar-refractivity contribution in [2.45, 2.75) is 0 Å². The second-order valence-corrected chi connectivity index (χ2v) is 6.50. The fourth-order valence-corrected chi connectivity index (χ4v) is 3.19. The average Bonchev–Trinajstić information content (AvgIpc) is 3.14. The van der Waals surface area contributed by atoms with Crippen LogP contribution in [-0.2, 0) is 9.47 Å². The number of hydrogen-bond acceptors (Lipinski definition) is 6. The Morgan fingerprint density at radius 3 is 2.25 bits per heavy atom. The maximum Gasteiger partial charge on any atom is 0.357 e. The van der Waals surface area contributed by atoms with Crippen molar-refractivity contribution in [3.8, 4) is 22.7 Å². The second kappa shape index (κ2) is 8.26. The molecule has 144 valence electrons. The molecule has 0 spiro atoms. The number of benzene rings is 2. The maximum atomic E-state index is 12.6. The predicted molar refractivity (Wildman–Crippen MR) is 106 cm³/mol. The van der Waals surface area contributed by atoms with E-state index in [4.69, 9.17) is 14.2 Å². The third kappa shape index (κ3) is 3.50. The normalized spacial score (nSPS) is 10.4. The Labute approximate surface area is 170 Å². The van der Waals surface area contributed by atoms with Crippen LogP contribution >= 0.6 is 15.9 Å². The first-order valence-electron chi connectivity index (χ1n) is 8.20. The third-order valence-electron chi connectivity index (χ3n) is 4.08. The van der Waals surface area contributed by atoms with Crippen molar-refractivity contribution < 1.29 is 23.8 Å². The Kier molecular flexibility index (Phi) is 5.79. The van der Waals surface area contributed by atoms with E-state index in [2.05, 4.69) is 21.0 Å². The van der Waals surface area contributed by atoms with Crippen LogP contribution in [0.3, 0.4) is 0 Å². The Balaban J connectivity index is 2.39. The van der Waals surface area contributed by atoms with Gasteiger partial charge in [0, 0.05) is 10.0 Å². The number of methoxy groups -OCH3 is 3. The lowest BCUT2D eigenvalue weighted by Gasteiger charge is -2.07. The Bertz CT molecular complexity index is 1030. The van der Waals surface area contributed by atoms with Gasteiger partial charge < -0.3 is 14.2 Å². The molecule has 0 radical (unpaired) electrons. The largest absolute Gasteiger partial charge is 0.497 e. The fourth-order valence-electron chi connectivity index (χ4n) is 2.76. The average molecular weight is 445 g/mol. The smallest absolute Gasteiger partial charge is 0.357 e. The molecule has 28 heavy (non-hydrogen) atoms. The molecule has 8 heteroatoms. The summed E-state index contributed by atoms with van der Waals surface area (Å²) in [6, 6.07) is 14.2. The summed E-state index contributed by atoms with van der Waals surface area (Å²) in [4.78, 5) is 25.2. The number of para-hydroxylation sites is 1. The number of rotatable bonds is 5. The Morgan fingerprint density at radius 2 is 1.64 bits per heavy atom. The van der Waals surface area contributed by atoms with Crippen molar-refractivity contribution in [2.24, 2.45) is 0 Å². The van der Waals surface area contributed by atoms with Crippen molar-refractivity contribution in [3.63, 3.8) is 0 Å². The molecule has 2 aromatic carbocycles. The number of aromatic nitrogens is 2. The summed E-state index contributed by atoms with van der Waals surface area (Å²) >= 11 is 3.47. The molecule has 0 amide bonds. The van der Waals surface area contributed by atoms with Crippen molar-refractivity contribution >= 4 is 27.9 Å². The van der Waals surface area contributed by atoms with Crippen LogP contribution in [0.2, 0.25) is 0 Å². The van der Waals surface area contributed by atoms with Gasteiger partial charge in [-0.15, -0.1) is 0 Å². The van der Waals surface area contributed by atoms with Crippen LogP contribution in [0.15, 0.2) is 53.0 Å². The topological polar surface area (TPSA) is 79.7 Å². The third-order valence-corrected chi connectivity index (χ3v) is 4.77.